The van der Waals surface area contributed by atoms with Crippen molar-refractivity contribution in [2.75, 3.05) is 38.6 Å². The van der Waals surface area contributed by atoms with Gasteiger partial charge in [0.15, 0.2) is 0 Å². The van der Waals surface area contributed by atoms with Crippen LogP contribution >= 0.6 is 23.2 Å². The van der Waals surface area contributed by atoms with Gasteiger partial charge in [0, 0.05) is 11.8 Å². The predicted octanol–water partition coefficient (Wildman–Crippen LogP) is 7.22. The highest BCUT2D eigenvalue weighted by atomic mass is 35.5. The second-order valence-electron chi connectivity index (χ2n) is 6.56. The van der Waals surface area contributed by atoms with Gasteiger partial charge in [-0.1, -0.05) is 50.0 Å². The third kappa shape index (κ3) is 25.9. The summed E-state index contributed by atoms with van der Waals surface area (Å²) in [5, 5.41) is 0. The van der Waals surface area contributed by atoms with Crippen LogP contribution in [0.4, 0.5) is 0 Å². The molecule has 0 heterocycles. The van der Waals surface area contributed by atoms with Crippen molar-refractivity contribution < 1.29 is 14.2 Å². The minimum atomic E-state index is 0.296. The molecule has 0 radical (unpaired) electrons. The smallest absolute Gasteiger partial charge is 0.149 e. The Balaban J connectivity index is 3.10. The van der Waals surface area contributed by atoms with E-state index in [4.69, 9.17) is 37.4 Å². The molecule has 0 bridgehead atoms. The first-order valence-electron chi connectivity index (χ1n) is 10.6. The molecule has 0 N–H and O–H groups in total. The number of hydrogen-bond donors (Lipinski definition) is 0. The van der Waals surface area contributed by atoms with Crippen molar-refractivity contribution in [2.45, 2.75) is 77.0 Å². The van der Waals surface area contributed by atoms with Gasteiger partial charge in [0.1, 0.15) is 13.6 Å². The summed E-state index contributed by atoms with van der Waals surface area (Å²) in [6.07, 6.45) is 22.8. The minimum absolute atomic E-state index is 0.296. The van der Waals surface area contributed by atoms with Crippen LogP contribution in [0.2, 0.25) is 0 Å². The highest BCUT2D eigenvalue weighted by molar-refractivity contribution is 6.18. The fraction of sp³-hybridized carbons (Fsp3) is 0.818. The number of rotatable bonds is 22. The van der Waals surface area contributed by atoms with Crippen molar-refractivity contribution in [3.8, 4) is 0 Å². The van der Waals surface area contributed by atoms with Crippen molar-refractivity contribution in [1.29, 1.82) is 0 Å². The number of hydrogen-bond acceptors (Lipinski definition) is 3. The van der Waals surface area contributed by atoms with E-state index in [-0.39, 0.29) is 0 Å². The summed E-state index contributed by atoms with van der Waals surface area (Å²) in [4.78, 5) is 0. The first-order valence-corrected chi connectivity index (χ1v) is 11.6. The SMILES string of the molecule is ClCCCCCCC=CCCOCOCOCCC=CCCCCCCCl. The molecule has 0 atom stereocenters. The maximum Gasteiger partial charge on any atom is 0.149 e. The molecule has 0 aromatic carbocycles. The molecule has 0 saturated carbocycles. The minimum Gasteiger partial charge on any atom is -0.355 e. The molecule has 0 aliphatic carbocycles. The number of ether oxygens (including phenoxy) is 3. The van der Waals surface area contributed by atoms with Gasteiger partial charge in [-0.3, -0.25) is 0 Å². The monoisotopic (exact) mass is 422 g/mol. The van der Waals surface area contributed by atoms with E-state index in [0.717, 1.165) is 50.3 Å². The van der Waals surface area contributed by atoms with Crippen LogP contribution in [0, 0.1) is 0 Å². The lowest BCUT2D eigenvalue weighted by Gasteiger charge is -2.05. The van der Waals surface area contributed by atoms with E-state index in [9.17, 15) is 0 Å². The van der Waals surface area contributed by atoms with Gasteiger partial charge in [-0.2, -0.15) is 0 Å². The summed E-state index contributed by atoms with van der Waals surface area (Å²) < 4.78 is 16.1. The van der Waals surface area contributed by atoms with Crippen LogP contribution in [-0.2, 0) is 14.2 Å². The Hall–Kier alpha value is -0.0600. The first-order chi connectivity index (χ1) is 13.4. The molecule has 0 aromatic heterocycles. The van der Waals surface area contributed by atoms with E-state index in [1.165, 1.54) is 38.5 Å². The van der Waals surface area contributed by atoms with Crippen LogP contribution < -0.4 is 0 Å². The van der Waals surface area contributed by atoms with Crippen molar-refractivity contribution in [3.63, 3.8) is 0 Å². The molecule has 0 unspecified atom stereocenters. The zero-order chi connectivity index (χ0) is 19.7. The van der Waals surface area contributed by atoms with Gasteiger partial charge >= 0.3 is 0 Å². The van der Waals surface area contributed by atoms with E-state index in [1.54, 1.807) is 0 Å². The van der Waals surface area contributed by atoms with Gasteiger partial charge in [-0.15, -0.1) is 23.2 Å². The summed E-state index contributed by atoms with van der Waals surface area (Å²) in [6.45, 7) is 1.97. The van der Waals surface area contributed by atoms with Crippen LogP contribution in [0.15, 0.2) is 24.3 Å². The standard InChI is InChI=1S/C22H40Cl2O3/c23-17-13-9-5-1-3-7-11-15-19-25-21-27-22-26-20-16-12-8-4-2-6-10-14-18-24/h7-8,11-12H,1-6,9-10,13-22H2. The molecule has 160 valence electrons. The summed E-state index contributed by atoms with van der Waals surface area (Å²) >= 11 is 11.3. The van der Waals surface area contributed by atoms with E-state index in [0.29, 0.717) is 26.8 Å². The molecular weight excluding hydrogens is 383 g/mol. The zero-order valence-electron chi connectivity index (χ0n) is 17.0. The number of unbranched alkanes of at least 4 members (excludes halogenated alkanes) is 8. The van der Waals surface area contributed by atoms with Crippen molar-refractivity contribution in [3.05, 3.63) is 24.3 Å². The zero-order valence-corrected chi connectivity index (χ0v) is 18.5. The second-order valence-corrected chi connectivity index (χ2v) is 7.32. The number of halogens is 2. The molecule has 0 aliphatic heterocycles. The molecular formula is C22H40Cl2O3. The third-order valence-corrected chi connectivity index (χ3v) is 4.57. The van der Waals surface area contributed by atoms with E-state index in [1.807, 2.05) is 0 Å². The maximum absolute atomic E-state index is 5.65. The van der Waals surface area contributed by atoms with Gasteiger partial charge in [0.05, 0.1) is 13.2 Å². The quantitative estimate of drug-likeness (QED) is 0.0796. The Labute approximate surface area is 177 Å². The molecule has 0 saturated heterocycles. The normalized spacial score (nSPS) is 11.9. The topological polar surface area (TPSA) is 27.7 Å². The van der Waals surface area contributed by atoms with Crippen LogP contribution in [0.25, 0.3) is 0 Å². The lowest BCUT2D eigenvalue weighted by molar-refractivity contribution is -0.129. The largest absolute Gasteiger partial charge is 0.355 e. The number of alkyl halides is 2. The third-order valence-electron chi connectivity index (χ3n) is 4.03. The molecule has 0 fully saturated rings. The molecule has 0 aromatic rings. The Morgan fingerprint density at radius 3 is 1.30 bits per heavy atom. The number of allylic oxidation sites excluding steroid dienone is 2. The fourth-order valence-corrected chi connectivity index (χ4v) is 2.84. The molecule has 0 aliphatic rings. The Kier molecular flexibility index (Phi) is 25.9. The molecule has 0 rings (SSSR count). The van der Waals surface area contributed by atoms with Crippen LogP contribution in [0.5, 0.6) is 0 Å². The van der Waals surface area contributed by atoms with Crippen LogP contribution in [0.1, 0.15) is 77.0 Å². The highest BCUT2D eigenvalue weighted by Crippen LogP contribution is 2.05. The fourth-order valence-electron chi connectivity index (χ4n) is 2.46. The lowest BCUT2D eigenvalue weighted by Crippen LogP contribution is -2.05. The average Bonchev–Trinajstić information content (AvgIpc) is 2.68. The van der Waals surface area contributed by atoms with Crippen molar-refractivity contribution in [1.82, 2.24) is 0 Å². The van der Waals surface area contributed by atoms with Gasteiger partial charge < -0.3 is 14.2 Å². The molecule has 3 nitrogen and oxygen atoms in total. The van der Waals surface area contributed by atoms with Gasteiger partial charge in [-0.25, -0.2) is 0 Å². The Morgan fingerprint density at radius 1 is 0.444 bits per heavy atom. The van der Waals surface area contributed by atoms with E-state index in [2.05, 4.69) is 24.3 Å². The van der Waals surface area contributed by atoms with Gasteiger partial charge in [-0.05, 0) is 51.4 Å². The Morgan fingerprint density at radius 2 is 0.852 bits per heavy atom. The molecule has 5 heteroatoms. The lowest BCUT2D eigenvalue weighted by atomic mass is 10.1. The predicted molar refractivity (Wildman–Crippen MR) is 118 cm³/mol. The summed E-state index contributed by atoms with van der Waals surface area (Å²) in [5.74, 6) is 1.57. The van der Waals surface area contributed by atoms with E-state index < -0.39 is 0 Å². The molecule has 0 amide bonds. The first kappa shape index (κ1) is 26.9. The van der Waals surface area contributed by atoms with Crippen molar-refractivity contribution in [2.24, 2.45) is 0 Å². The van der Waals surface area contributed by atoms with Gasteiger partial charge in [0.25, 0.3) is 0 Å². The highest BCUT2D eigenvalue weighted by Gasteiger charge is 1.90. The van der Waals surface area contributed by atoms with Crippen LogP contribution in [-0.4, -0.2) is 38.6 Å². The van der Waals surface area contributed by atoms with Crippen molar-refractivity contribution >= 4 is 23.2 Å². The molecule has 27 heavy (non-hydrogen) atoms. The van der Waals surface area contributed by atoms with E-state index >= 15 is 0 Å². The summed E-state index contributed by atoms with van der Waals surface area (Å²) in [6, 6.07) is 0. The maximum atomic E-state index is 5.65. The van der Waals surface area contributed by atoms with Crippen LogP contribution in [0.3, 0.4) is 0 Å². The Bertz CT molecular complexity index is 293. The van der Waals surface area contributed by atoms with Gasteiger partial charge in [0.2, 0.25) is 0 Å². The molecule has 0 spiro atoms. The second kappa shape index (κ2) is 25.9. The summed E-state index contributed by atoms with van der Waals surface area (Å²) in [5.41, 5.74) is 0. The average molecular weight is 423 g/mol. The summed E-state index contributed by atoms with van der Waals surface area (Å²) in [7, 11) is 0.